The average molecular weight is 446 g/mol. The summed E-state index contributed by atoms with van der Waals surface area (Å²) in [5, 5.41) is 14.8. The lowest BCUT2D eigenvalue weighted by atomic mass is 10.1. The van der Waals surface area contributed by atoms with Crippen molar-refractivity contribution in [3.8, 4) is 11.5 Å². The van der Waals surface area contributed by atoms with Crippen LogP contribution in [0.5, 0.6) is 0 Å². The molecule has 4 aromatic rings. The first kappa shape index (κ1) is 20.2. The molecule has 1 unspecified atom stereocenters. The van der Waals surface area contributed by atoms with Gasteiger partial charge in [-0.1, -0.05) is 0 Å². The standard InChI is InChI=1S/C24H27N7O2/c32-24(26-14-15-5-6-25-13-15)16-1-3-19-18(11-16)22(30-29-19)23-27-20-4-2-17(12-21(20)28-23)31-7-9-33-10-8-31/h1-4,11-12,15,25H,5-10,13-14H2,(H,26,32)(H,27,28)(H,29,30). The fourth-order valence-corrected chi connectivity index (χ4v) is 4.69. The molecule has 2 saturated heterocycles. The third-order valence-corrected chi connectivity index (χ3v) is 6.60. The first-order valence-corrected chi connectivity index (χ1v) is 11.5. The van der Waals surface area contributed by atoms with Gasteiger partial charge in [-0.15, -0.1) is 0 Å². The molecule has 2 aromatic heterocycles. The van der Waals surface area contributed by atoms with Gasteiger partial charge in [0.1, 0.15) is 5.69 Å². The molecule has 2 aromatic carbocycles. The summed E-state index contributed by atoms with van der Waals surface area (Å²) in [6.45, 7) is 5.95. The van der Waals surface area contributed by atoms with E-state index in [0.717, 1.165) is 73.4 Å². The molecule has 2 fully saturated rings. The number of aromatic nitrogens is 4. The summed E-state index contributed by atoms with van der Waals surface area (Å²) in [6, 6.07) is 11.9. The average Bonchev–Trinajstić information content (AvgIpc) is 3.61. The number of carbonyl (C=O) groups is 1. The molecule has 0 saturated carbocycles. The Hall–Kier alpha value is -3.43. The fraction of sp³-hybridized carbons (Fsp3) is 0.375. The summed E-state index contributed by atoms with van der Waals surface area (Å²) in [7, 11) is 0. The van der Waals surface area contributed by atoms with Crippen LogP contribution in [0.1, 0.15) is 16.8 Å². The Labute approximate surface area is 190 Å². The zero-order valence-corrected chi connectivity index (χ0v) is 18.4. The summed E-state index contributed by atoms with van der Waals surface area (Å²) >= 11 is 0. The van der Waals surface area contributed by atoms with Crippen molar-refractivity contribution in [3.63, 3.8) is 0 Å². The van der Waals surface area contributed by atoms with Gasteiger partial charge in [-0.2, -0.15) is 5.10 Å². The van der Waals surface area contributed by atoms with E-state index in [1.165, 1.54) is 0 Å². The molecule has 1 amide bonds. The van der Waals surface area contributed by atoms with Gasteiger partial charge in [-0.05, 0) is 61.8 Å². The van der Waals surface area contributed by atoms with E-state index in [0.29, 0.717) is 29.5 Å². The molecule has 4 N–H and O–H groups in total. The van der Waals surface area contributed by atoms with Gasteiger partial charge in [-0.3, -0.25) is 9.89 Å². The van der Waals surface area contributed by atoms with Crippen LogP contribution in [0.25, 0.3) is 33.5 Å². The fourth-order valence-electron chi connectivity index (χ4n) is 4.69. The first-order chi connectivity index (χ1) is 16.2. The van der Waals surface area contributed by atoms with Crippen LogP contribution in [-0.2, 0) is 4.74 Å². The SMILES string of the molecule is O=C(NCC1CCNC1)c1ccc2[nH]nc(-c3nc4ccc(N5CCOCC5)cc4[nH]3)c2c1. The number of amides is 1. The third-order valence-electron chi connectivity index (χ3n) is 6.60. The van der Waals surface area contributed by atoms with Gasteiger partial charge in [0.05, 0.1) is 29.8 Å². The van der Waals surface area contributed by atoms with Crippen LogP contribution in [0.2, 0.25) is 0 Å². The van der Waals surface area contributed by atoms with E-state index in [4.69, 9.17) is 9.72 Å². The van der Waals surface area contributed by atoms with Crippen LogP contribution < -0.4 is 15.5 Å². The molecular formula is C24H27N7O2. The number of nitrogens with one attached hydrogen (secondary N) is 4. The second-order valence-corrected chi connectivity index (χ2v) is 8.79. The number of carbonyl (C=O) groups excluding carboxylic acids is 1. The van der Waals surface area contributed by atoms with Gasteiger partial charge in [0, 0.05) is 36.3 Å². The van der Waals surface area contributed by atoms with Crippen molar-refractivity contribution in [1.82, 2.24) is 30.8 Å². The number of anilines is 1. The van der Waals surface area contributed by atoms with Crippen molar-refractivity contribution in [2.24, 2.45) is 5.92 Å². The van der Waals surface area contributed by atoms with Gasteiger partial charge >= 0.3 is 0 Å². The highest BCUT2D eigenvalue weighted by atomic mass is 16.5. The van der Waals surface area contributed by atoms with Crippen molar-refractivity contribution < 1.29 is 9.53 Å². The maximum Gasteiger partial charge on any atom is 0.251 e. The Kier molecular flexibility index (Phi) is 5.20. The van der Waals surface area contributed by atoms with Crippen LogP contribution in [0.3, 0.4) is 0 Å². The second kappa shape index (κ2) is 8.49. The quantitative estimate of drug-likeness (QED) is 0.375. The van der Waals surface area contributed by atoms with Gasteiger partial charge in [0.2, 0.25) is 0 Å². The normalized spacial score (nSPS) is 18.9. The van der Waals surface area contributed by atoms with E-state index >= 15 is 0 Å². The molecule has 1 atom stereocenters. The van der Waals surface area contributed by atoms with E-state index in [1.54, 1.807) is 0 Å². The number of ether oxygens (including phenoxy) is 1. The highest BCUT2D eigenvalue weighted by Crippen LogP contribution is 2.29. The molecule has 0 bridgehead atoms. The van der Waals surface area contributed by atoms with Crippen LogP contribution in [-0.4, -0.2) is 72.0 Å². The highest BCUT2D eigenvalue weighted by molar-refractivity contribution is 6.01. The third kappa shape index (κ3) is 3.94. The van der Waals surface area contributed by atoms with Gasteiger partial charge in [0.15, 0.2) is 5.82 Å². The Balaban J connectivity index is 1.28. The van der Waals surface area contributed by atoms with Crippen LogP contribution >= 0.6 is 0 Å². The molecule has 2 aliphatic rings. The number of hydrogen-bond donors (Lipinski definition) is 4. The molecule has 0 spiro atoms. The van der Waals surface area contributed by atoms with Crippen molar-refractivity contribution in [3.05, 3.63) is 42.0 Å². The number of hydrogen-bond acceptors (Lipinski definition) is 6. The molecule has 0 aliphatic carbocycles. The lowest BCUT2D eigenvalue weighted by Gasteiger charge is -2.28. The molecule has 4 heterocycles. The highest BCUT2D eigenvalue weighted by Gasteiger charge is 2.18. The minimum atomic E-state index is -0.0595. The number of H-pyrrole nitrogens is 2. The summed E-state index contributed by atoms with van der Waals surface area (Å²) in [5.41, 5.74) is 5.22. The van der Waals surface area contributed by atoms with Gasteiger partial charge in [-0.25, -0.2) is 4.98 Å². The number of fused-ring (bicyclic) bond motifs is 2. The zero-order chi connectivity index (χ0) is 22.2. The van der Waals surface area contributed by atoms with Crippen LogP contribution in [0.15, 0.2) is 36.4 Å². The topological polar surface area (TPSA) is 111 Å². The number of rotatable bonds is 5. The van der Waals surface area contributed by atoms with E-state index in [2.05, 4.69) is 42.8 Å². The summed E-state index contributed by atoms with van der Waals surface area (Å²) in [5.74, 6) is 1.13. The number of aromatic amines is 2. The Morgan fingerprint density at radius 3 is 2.91 bits per heavy atom. The summed E-state index contributed by atoms with van der Waals surface area (Å²) < 4.78 is 5.47. The molecular weight excluding hydrogens is 418 g/mol. The monoisotopic (exact) mass is 445 g/mol. The van der Waals surface area contributed by atoms with E-state index in [9.17, 15) is 4.79 Å². The van der Waals surface area contributed by atoms with Crippen LogP contribution in [0, 0.1) is 5.92 Å². The minimum Gasteiger partial charge on any atom is -0.378 e. The van der Waals surface area contributed by atoms with E-state index < -0.39 is 0 Å². The predicted molar refractivity (Wildman–Crippen MR) is 128 cm³/mol. The molecule has 33 heavy (non-hydrogen) atoms. The Morgan fingerprint density at radius 2 is 2.06 bits per heavy atom. The number of benzene rings is 2. The van der Waals surface area contributed by atoms with Crippen molar-refractivity contribution >= 4 is 33.5 Å². The predicted octanol–water partition coefficient (Wildman–Crippen LogP) is 2.28. The van der Waals surface area contributed by atoms with Crippen LogP contribution in [0.4, 0.5) is 5.69 Å². The van der Waals surface area contributed by atoms with Gasteiger partial charge in [0.25, 0.3) is 5.91 Å². The molecule has 6 rings (SSSR count). The summed E-state index contributed by atoms with van der Waals surface area (Å²) in [6.07, 6.45) is 1.10. The van der Waals surface area contributed by atoms with Crippen molar-refractivity contribution in [1.29, 1.82) is 0 Å². The molecule has 170 valence electrons. The minimum absolute atomic E-state index is 0.0595. The lowest BCUT2D eigenvalue weighted by Crippen LogP contribution is -2.36. The van der Waals surface area contributed by atoms with E-state index in [1.807, 2.05) is 24.3 Å². The molecule has 0 radical (unpaired) electrons. The molecule has 9 nitrogen and oxygen atoms in total. The number of nitrogens with zero attached hydrogens (tertiary/aromatic N) is 3. The Morgan fingerprint density at radius 1 is 1.15 bits per heavy atom. The number of imidazole rings is 1. The first-order valence-electron chi connectivity index (χ1n) is 11.5. The van der Waals surface area contributed by atoms with Crippen molar-refractivity contribution in [2.45, 2.75) is 6.42 Å². The smallest absolute Gasteiger partial charge is 0.251 e. The maximum atomic E-state index is 12.7. The lowest BCUT2D eigenvalue weighted by molar-refractivity contribution is 0.0948. The number of morpholine rings is 1. The second-order valence-electron chi connectivity index (χ2n) is 8.79. The largest absolute Gasteiger partial charge is 0.378 e. The Bertz CT molecular complexity index is 1300. The molecule has 9 heteroatoms. The van der Waals surface area contributed by atoms with Crippen molar-refractivity contribution in [2.75, 3.05) is 50.8 Å². The zero-order valence-electron chi connectivity index (χ0n) is 18.4. The maximum absolute atomic E-state index is 12.7. The van der Waals surface area contributed by atoms with E-state index in [-0.39, 0.29) is 5.91 Å². The van der Waals surface area contributed by atoms with Gasteiger partial charge < -0.3 is 25.3 Å². The summed E-state index contributed by atoms with van der Waals surface area (Å²) in [4.78, 5) is 23.3. The molecule has 2 aliphatic heterocycles.